The van der Waals surface area contributed by atoms with Crippen molar-refractivity contribution in [2.45, 2.75) is 19.4 Å². The molecule has 0 radical (unpaired) electrons. The molecule has 17 heavy (non-hydrogen) atoms. The van der Waals surface area contributed by atoms with Crippen molar-refractivity contribution in [1.29, 1.82) is 0 Å². The molecule has 88 valence electrons. The zero-order valence-electron chi connectivity index (χ0n) is 9.60. The third kappa shape index (κ3) is 2.70. The number of hydrogen-bond acceptors (Lipinski definition) is 3. The van der Waals surface area contributed by atoms with Crippen LogP contribution < -0.4 is 5.73 Å². The molecule has 0 fully saturated rings. The van der Waals surface area contributed by atoms with Crippen LogP contribution in [0.1, 0.15) is 25.2 Å². The molecule has 0 aliphatic heterocycles. The minimum atomic E-state index is -0.0803. The topological polar surface area (TPSA) is 51.8 Å². The van der Waals surface area contributed by atoms with Crippen LogP contribution in [-0.2, 0) is 0 Å². The van der Waals surface area contributed by atoms with Gasteiger partial charge < -0.3 is 5.73 Å². The monoisotopic (exact) mass is 291 g/mol. The van der Waals surface area contributed by atoms with Gasteiger partial charge in [-0.3, -0.25) is 0 Å². The van der Waals surface area contributed by atoms with Gasteiger partial charge in [0.25, 0.3) is 0 Å². The summed E-state index contributed by atoms with van der Waals surface area (Å²) in [4.78, 5) is 8.62. The Morgan fingerprint density at radius 1 is 1.24 bits per heavy atom. The minimum Gasteiger partial charge on any atom is -0.321 e. The first-order valence-corrected chi connectivity index (χ1v) is 6.34. The molecule has 0 saturated heterocycles. The lowest BCUT2D eigenvalue weighted by molar-refractivity contribution is 0.649. The predicted molar refractivity (Wildman–Crippen MR) is 72.4 cm³/mol. The van der Waals surface area contributed by atoms with Gasteiger partial charge in [-0.1, -0.05) is 41.1 Å². The van der Waals surface area contributed by atoms with Crippen LogP contribution in [0.5, 0.6) is 0 Å². The van der Waals surface area contributed by atoms with Gasteiger partial charge in [0.15, 0.2) is 0 Å². The van der Waals surface area contributed by atoms with Gasteiger partial charge in [0.1, 0.15) is 5.82 Å². The smallest absolute Gasteiger partial charge is 0.144 e. The molecule has 0 aliphatic carbocycles. The summed E-state index contributed by atoms with van der Waals surface area (Å²) in [6.07, 6.45) is 4.48. The molecule has 1 heterocycles. The lowest BCUT2D eigenvalue weighted by Gasteiger charge is -2.08. The second kappa shape index (κ2) is 5.38. The maximum Gasteiger partial charge on any atom is 0.144 e. The van der Waals surface area contributed by atoms with E-state index in [1.807, 2.05) is 43.6 Å². The van der Waals surface area contributed by atoms with Gasteiger partial charge in [-0.15, -0.1) is 0 Å². The molecule has 0 bridgehead atoms. The van der Waals surface area contributed by atoms with E-state index in [9.17, 15) is 0 Å². The van der Waals surface area contributed by atoms with Crippen LogP contribution in [0.15, 0.2) is 41.1 Å². The van der Waals surface area contributed by atoms with Gasteiger partial charge >= 0.3 is 0 Å². The van der Waals surface area contributed by atoms with Gasteiger partial charge in [-0.25, -0.2) is 9.97 Å². The normalized spacial score (nSPS) is 12.4. The van der Waals surface area contributed by atoms with E-state index in [1.165, 1.54) is 0 Å². The first kappa shape index (κ1) is 12.2. The third-order valence-corrected chi connectivity index (χ3v) is 3.32. The van der Waals surface area contributed by atoms with Crippen LogP contribution >= 0.6 is 15.9 Å². The molecule has 0 saturated carbocycles. The van der Waals surface area contributed by atoms with Crippen molar-refractivity contribution >= 4 is 15.9 Å². The summed E-state index contributed by atoms with van der Waals surface area (Å²) in [5, 5.41) is 0. The maximum atomic E-state index is 5.88. The van der Waals surface area contributed by atoms with Gasteiger partial charge in [0.2, 0.25) is 0 Å². The van der Waals surface area contributed by atoms with Crippen molar-refractivity contribution in [3.05, 3.63) is 47.0 Å². The fourth-order valence-electron chi connectivity index (χ4n) is 1.55. The van der Waals surface area contributed by atoms with Crippen molar-refractivity contribution in [3.63, 3.8) is 0 Å². The molecule has 0 amide bonds. The highest BCUT2D eigenvalue weighted by Crippen LogP contribution is 2.26. The third-order valence-electron chi connectivity index (χ3n) is 2.63. The van der Waals surface area contributed by atoms with Crippen LogP contribution in [0, 0.1) is 0 Å². The Labute approximate surface area is 109 Å². The highest BCUT2D eigenvalue weighted by Gasteiger charge is 2.08. The summed E-state index contributed by atoms with van der Waals surface area (Å²) >= 11 is 3.51. The number of hydrogen-bond donors (Lipinski definition) is 1. The van der Waals surface area contributed by atoms with Crippen LogP contribution in [0.25, 0.3) is 11.1 Å². The predicted octanol–water partition coefficient (Wildman–Crippen LogP) is 3.32. The molecule has 2 rings (SSSR count). The zero-order chi connectivity index (χ0) is 12.3. The molecule has 2 aromatic rings. The first-order chi connectivity index (χ1) is 8.22. The van der Waals surface area contributed by atoms with Crippen molar-refractivity contribution in [2.75, 3.05) is 0 Å². The fourth-order valence-corrected chi connectivity index (χ4v) is 2.06. The Morgan fingerprint density at radius 2 is 1.88 bits per heavy atom. The molecule has 1 aromatic carbocycles. The Balaban J connectivity index is 2.33. The first-order valence-electron chi connectivity index (χ1n) is 5.54. The fraction of sp³-hybridized carbons (Fsp3) is 0.231. The number of benzene rings is 1. The summed E-state index contributed by atoms with van der Waals surface area (Å²) < 4.78 is 1.04. The highest BCUT2D eigenvalue weighted by atomic mass is 79.9. The quantitative estimate of drug-likeness (QED) is 0.944. The number of nitrogens with zero attached hydrogens (tertiary/aromatic N) is 2. The second-order valence-electron chi connectivity index (χ2n) is 3.82. The Bertz CT molecular complexity index is 496. The summed E-state index contributed by atoms with van der Waals surface area (Å²) in [5.74, 6) is 0.698. The average molecular weight is 292 g/mol. The molecule has 3 nitrogen and oxygen atoms in total. The van der Waals surface area contributed by atoms with E-state index < -0.39 is 0 Å². The highest BCUT2D eigenvalue weighted by molar-refractivity contribution is 9.10. The van der Waals surface area contributed by atoms with Gasteiger partial charge in [-0.2, -0.15) is 0 Å². The Kier molecular flexibility index (Phi) is 3.86. The largest absolute Gasteiger partial charge is 0.321 e. The number of nitrogens with two attached hydrogens (primary N) is 1. The van der Waals surface area contributed by atoms with Crippen LogP contribution in [-0.4, -0.2) is 9.97 Å². The van der Waals surface area contributed by atoms with E-state index in [1.54, 1.807) is 0 Å². The van der Waals surface area contributed by atoms with Crippen LogP contribution in [0.2, 0.25) is 0 Å². The van der Waals surface area contributed by atoms with Gasteiger partial charge in [0, 0.05) is 22.4 Å². The van der Waals surface area contributed by atoms with E-state index in [-0.39, 0.29) is 6.04 Å². The van der Waals surface area contributed by atoms with Crippen LogP contribution in [0.4, 0.5) is 0 Å². The molecule has 2 N–H and O–H groups in total. The molecule has 0 aliphatic rings. The molecule has 1 atom stereocenters. The standard InChI is InChI=1S/C13H14BrN3/c1-2-12(15)13-16-7-9(8-17-13)10-5-3-4-6-11(10)14/h3-8,12H,2,15H2,1H3. The molecule has 4 heteroatoms. The second-order valence-corrected chi connectivity index (χ2v) is 4.68. The number of rotatable bonds is 3. The molecular weight excluding hydrogens is 278 g/mol. The molecule has 0 spiro atoms. The lowest BCUT2D eigenvalue weighted by Crippen LogP contribution is -2.12. The van der Waals surface area contributed by atoms with E-state index >= 15 is 0 Å². The maximum absolute atomic E-state index is 5.88. The van der Waals surface area contributed by atoms with E-state index in [0.717, 1.165) is 22.0 Å². The molecule has 1 aromatic heterocycles. The van der Waals surface area contributed by atoms with E-state index in [4.69, 9.17) is 5.73 Å². The SMILES string of the molecule is CCC(N)c1ncc(-c2ccccc2Br)cn1. The molecular formula is C13H14BrN3. The summed E-state index contributed by atoms with van der Waals surface area (Å²) in [6.45, 7) is 2.02. The average Bonchev–Trinajstić information content (AvgIpc) is 2.39. The van der Waals surface area contributed by atoms with E-state index in [2.05, 4.69) is 25.9 Å². The molecule has 1 unspecified atom stereocenters. The number of halogens is 1. The minimum absolute atomic E-state index is 0.0803. The van der Waals surface area contributed by atoms with E-state index in [0.29, 0.717) is 5.82 Å². The number of aromatic nitrogens is 2. The summed E-state index contributed by atoms with van der Waals surface area (Å²) in [5.41, 5.74) is 7.96. The van der Waals surface area contributed by atoms with Crippen molar-refractivity contribution < 1.29 is 0 Å². The van der Waals surface area contributed by atoms with Crippen LogP contribution in [0.3, 0.4) is 0 Å². The summed E-state index contributed by atoms with van der Waals surface area (Å²) in [7, 11) is 0. The van der Waals surface area contributed by atoms with Crippen molar-refractivity contribution in [3.8, 4) is 11.1 Å². The van der Waals surface area contributed by atoms with Crippen molar-refractivity contribution in [2.24, 2.45) is 5.73 Å². The van der Waals surface area contributed by atoms with Crippen molar-refractivity contribution in [1.82, 2.24) is 9.97 Å². The van der Waals surface area contributed by atoms with Gasteiger partial charge in [0.05, 0.1) is 6.04 Å². The zero-order valence-corrected chi connectivity index (χ0v) is 11.2. The Morgan fingerprint density at radius 3 is 2.47 bits per heavy atom. The van der Waals surface area contributed by atoms with Gasteiger partial charge in [-0.05, 0) is 18.1 Å². The summed E-state index contributed by atoms with van der Waals surface area (Å²) in [6, 6.07) is 7.92. The Hall–Kier alpha value is -1.26. The lowest BCUT2D eigenvalue weighted by atomic mass is 10.1.